The Balaban J connectivity index is 1.38. The molecule has 172 valence electrons. The smallest absolute Gasteiger partial charge is 0.261 e. The second kappa shape index (κ2) is 8.73. The standard InChI is InChI=1S/C24H16BrN7O3/c1-13-18(20(33)14-6-5-7-15(25)12-14)21(26-2)27-19(13)22-28-30-32(29-22)11-10-31-23(34)16-8-3-4-9-17(16)24(31)35/h3-9,12,27H,10-11H2,1H3. The molecule has 1 aliphatic heterocycles. The Bertz CT molecular complexity index is 1530. The number of aromatic amines is 1. The van der Waals surface area contributed by atoms with Gasteiger partial charge in [-0.2, -0.15) is 4.80 Å². The van der Waals surface area contributed by atoms with E-state index in [2.05, 4.69) is 41.2 Å². The molecule has 0 unspecified atom stereocenters. The second-order valence-electron chi connectivity index (χ2n) is 7.82. The third-order valence-electron chi connectivity index (χ3n) is 5.73. The van der Waals surface area contributed by atoms with Crippen LogP contribution >= 0.6 is 15.9 Å². The summed E-state index contributed by atoms with van der Waals surface area (Å²) in [4.78, 5) is 47.1. The molecule has 3 heterocycles. The summed E-state index contributed by atoms with van der Waals surface area (Å²) in [6.45, 7) is 9.44. The molecule has 0 aliphatic carbocycles. The molecular weight excluding hydrogens is 514 g/mol. The molecule has 4 aromatic rings. The van der Waals surface area contributed by atoms with Crippen LogP contribution in [0.2, 0.25) is 0 Å². The molecule has 35 heavy (non-hydrogen) atoms. The van der Waals surface area contributed by atoms with Gasteiger partial charge in [0.15, 0.2) is 11.5 Å². The minimum Gasteiger partial charge on any atom is -0.364 e. The molecule has 10 nitrogen and oxygen atoms in total. The average molecular weight is 530 g/mol. The summed E-state index contributed by atoms with van der Waals surface area (Å²) in [5.74, 6) is -0.727. The van der Waals surface area contributed by atoms with Crippen molar-refractivity contribution in [2.45, 2.75) is 13.5 Å². The summed E-state index contributed by atoms with van der Waals surface area (Å²) in [6.07, 6.45) is 0. The SMILES string of the molecule is [C-]#[N+]c1[nH]c(-c2nnn(CCN3C(=O)c4ccccc4C3=O)n2)c(C)c1C(=O)c1cccc(Br)c1. The molecule has 0 fully saturated rings. The maximum atomic E-state index is 13.1. The van der Waals surface area contributed by atoms with Gasteiger partial charge in [-0.25, -0.2) is 0 Å². The van der Waals surface area contributed by atoms with Gasteiger partial charge in [0.05, 0.1) is 29.8 Å². The van der Waals surface area contributed by atoms with Crippen LogP contribution in [0, 0.1) is 13.5 Å². The molecular formula is C24H16BrN7O3. The van der Waals surface area contributed by atoms with Gasteiger partial charge in [0.25, 0.3) is 11.8 Å². The maximum Gasteiger partial charge on any atom is 0.261 e. The molecule has 0 saturated carbocycles. The molecule has 2 aromatic heterocycles. The normalized spacial score (nSPS) is 12.7. The van der Waals surface area contributed by atoms with Crippen LogP contribution in [0.5, 0.6) is 0 Å². The van der Waals surface area contributed by atoms with Crippen molar-refractivity contribution < 1.29 is 14.4 Å². The average Bonchev–Trinajstić information content (AvgIpc) is 3.53. The molecule has 0 spiro atoms. The lowest BCUT2D eigenvalue weighted by molar-refractivity contribution is 0.0645. The van der Waals surface area contributed by atoms with Crippen molar-refractivity contribution in [3.63, 3.8) is 0 Å². The fourth-order valence-corrected chi connectivity index (χ4v) is 4.41. The lowest BCUT2D eigenvalue weighted by atomic mass is 10.0. The molecule has 0 radical (unpaired) electrons. The molecule has 2 amide bonds. The highest BCUT2D eigenvalue weighted by molar-refractivity contribution is 9.10. The Morgan fingerprint density at radius 3 is 2.46 bits per heavy atom. The zero-order chi connectivity index (χ0) is 24.7. The van der Waals surface area contributed by atoms with Crippen LogP contribution in [-0.2, 0) is 6.54 Å². The number of imide groups is 1. The summed E-state index contributed by atoms with van der Waals surface area (Å²) >= 11 is 3.36. The van der Waals surface area contributed by atoms with Gasteiger partial charge in [0.2, 0.25) is 11.6 Å². The van der Waals surface area contributed by atoms with E-state index in [1.165, 1.54) is 4.80 Å². The first kappa shape index (κ1) is 22.4. The van der Waals surface area contributed by atoms with E-state index in [0.717, 1.165) is 9.37 Å². The molecule has 2 aromatic carbocycles. The summed E-state index contributed by atoms with van der Waals surface area (Å²) in [6, 6.07) is 13.6. The highest BCUT2D eigenvalue weighted by Crippen LogP contribution is 2.32. The van der Waals surface area contributed by atoms with E-state index >= 15 is 0 Å². The monoisotopic (exact) mass is 529 g/mol. The molecule has 11 heteroatoms. The van der Waals surface area contributed by atoms with Crippen molar-refractivity contribution in [1.82, 2.24) is 30.1 Å². The number of nitrogens with one attached hydrogen (secondary N) is 1. The number of hydrogen-bond acceptors (Lipinski definition) is 6. The van der Waals surface area contributed by atoms with E-state index < -0.39 is 0 Å². The highest BCUT2D eigenvalue weighted by Gasteiger charge is 2.35. The number of fused-ring (bicyclic) bond motifs is 1. The number of carbonyl (C=O) groups excluding carboxylic acids is 3. The van der Waals surface area contributed by atoms with Gasteiger partial charge >= 0.3 is 0 Å². The van der Waals surface area contributed by atoms with Crippen LogP contribution in [0.1, 0.15) is 42.2 Å². The van der Waals surface area contributed by atoms with Gasteiger partial charge in [0, 0.05) is 15.6 Å². The number of carbonyl (C=O) groups is 3. The third-order valence-corrected chi connectivity index (χ3v) is 6.23. The van der Waals surface area contributed by atoms with Crippen LogP contribution in [0.3, 0.4) is 0 Å². The maximum absolute atomic E-state index is 13.1. The largest absolute Gasteiger partial charge is 0.364 e. The summed E-state index contributed by atoms with van der Waals surface area (Å²) in [5.41, 5.74) is 2.37. The number of nitrogens with zero attached hydrogens (tertiary/aromatic N) is 6. The second-order valence-corrected chi connectivity index (χ2v) is 8.73. The lowest BCUT2D eigenvalue weighted by Crippen LogP contribution is -2.33. The molecule has 0 bridgehead atoms. The first-order valence-electron chi connectivity index (χ1n) is 10.5. The molecule has 1 N–H and O–H groups in total. The number of hydrogen-bond donors (Lipinski definition) is 1. The van der Waals surface area contributed by atoms with Crippen LogP contribution < -0.4 is 0 Å². The lowest BCUT2D eigenvalue weighted by Gasteiger charge is -2.12. The van der Waals surface area contributed by atoms with Crippen LogP contribution in [0.4, 0.5) is 5.82 Å². The number of tetrazole rings is 1. The van der Waals surface area contributed by atoms with Crippen LogP contribution in [0.25, 0.3) is 16.4 Å². The molecule has 5 rings (SSSR count). The van der Waals surface area contributed by atoms with Gasteiger partial charge in [-0.1, -0.05) is 46.8 Å². The van der Waals surface area contributed by atoms with E-state index in [-0.39, 0.29) is 47.9 Å². The van der Waals surface area contributed by atoms with Gasteiger partial charge in [-0.15, -0.1) is 10.2 Å². The predicted octanol–water partition coefficient (Wildman–Crippen LogP) is 3.82. The Hall–Kier alpha value is -4.43. The number of benzene rings is 2. The number of ketones is 1. The van der Waals surface area contributed by atoms with Crippen molar-refractivity contribution in [2.24, 2.45) is 0 Å². The topological polar surface area (TPSA) is 118 Å². The Morgan fingerprint density at radius 1 is 1.09 bits per heavy atom. The summed E-state index contributed by atoms with van der Waals surface area (Å²) < 4.78 is 0.754. The molecule has 0 atom stereocenters. The van der Waals surface area contributed by atoms with Gasteiger partial charge in [0.1, 0.15) is 0 Å². The fraction of sp³-hybridized carbons (Fsp3) is 0.125. The van der Waals surface area contributed by atoms with Crippen molar-refractivity contribution in [2.75, 3.05) is 6.54 Å². The number of aromatic nitrogens is 5. The first-order chi connectivity index (χ1) is 16.9. The zero-order valence-electron chi connectivity index (χ0n) is 18.3. The Labute approximate surface area is 207 Å². The fourth-order valence-electron chi connectivity index (χ4n) is 4.01. The number of amides is 2. The van der Waals surface area contributed by atoms with E-state index in [9.17, 15) is 14.4 Å². The van der Waals surface area contributed by atoms with E-state index in [0.29, 0.717) is 27.9 Å². The van der Waals surface area contributed by atoms with Crippen molar-refractivity contribution >= 4 is 39.3 Å². The van der Waals surface area contributed by atoms with Crippen molar-refractivity contribution in [3.8, 4) is 11.5 Å². The number of rotatable bonds is 6. The van der Waals surface area contributed by atoms with E-state index in [4.69, 9.17) is 6.57 Å². The van der Waals surface area contributed by atoms with Gasteiger partial charge in [-0.3, -0.25) is 19.3 Å². The minimum atomic E-state index is -0.358. The first-order valence-corrected chi connectivity index (χ1v) is 11.3. The number of H-pyrrole nitrogens is 1. The predicted molar refractivity (Wildman–Crippen MR) is 128 cm³/mol. The molecule has 1 aliphatic rings. The zero-order valence-corrected chi connectivity index (χ0v) is 19.9. The van der Waals surface area contributed by atoms with Crippen LogP contribution in [0.15, 0.2) is 53.0 Å². The van der Waals surface area contributed by atoms with Crippen LogP contribution in [-0.4, -0.2) is 54.2 Å². The summed E-state index contributed by atoms with van der Waals surface area (Å²) in [7, 11) is 0. The van der Waals surface area contributed by atoms with Gasteiger partial charge < -0.3 is 9.83 Å². The quantitative estimate of drug-likeness (QED) is 0.230. The third kappa shape index (κ3) is 3.83. The summed E-state index contributed by atoms with van der Waals surface area (Å²) in [5, 5.41) is 12.4. The highest BCUT2D eigenvalue weighted by atomic mass is 79.9. The van der Waals surface area contributed by atoms with E-state index in [1.807, 2.05) is 6.07 Å². The Morgan fingerprint density at radius 2 is 1.80 bits per heavy atom. The number of halogens is 1. The van der Waals surface area contributed by atoms with Gasteiger partial charge in [-0.05, 0) is 36.4 Å². The molecule has 0 saturated heterocycles. The minimum absolute atomic E-state index is 0.0752. The van der Waals surface area contributed by atoms with Crippen molar-refractivity contribution in [1.29, 1.82) is 0 Å². The van der Waals surface area contributed by atoms with E-state index in [1.54, 1.807) is 49.4 Å². The Kier molecular flexibility index (Phi) is 5.58. The van der Waals surface area contributed by atoms with Crippen molar-refractivity contribution in [3.05, 3.63) is 92.2 Å².